The quantitative estimate of drug-likeness (QED) is 0.801. The molecule has 1 saturated carbocycles. The standard InChI is InChI=1S/C18H26N2O4/c1-18(2,3)24-17(23)19-15(16(21)22)12-20(14-9-10-14)11-13-7-5-4-6-8-13/h4-8,14-15H,9-12H2,1-3H3,(H,19,23)(H,21,22)/t15-/m0/s1. The van der Waals surface area contributed by atoms with Crippen LogP contribution in [-0.2, 0) is 16.1 Å². The van der Waals surface area contributed by atoms with E-state index >= 15 is 0 Å². The lowest BCUT2D eigenvalue weighted by Crippen LogP contribution is -2.50. The number of carboxylic acids is 1. The van der Waals surface area contributed by atoms with Crippen LogP contribution in [0.3, 0.4) is 0 Å². The van der Waals surface area contributed by atoms with Crippen molar-refractivity contribution in [2.75, 3.05) is 6.54 Å². The van der Waals surface area contributed by atoms with Gasteiger partial charge in [-0.15, -0.1) is 0 Å². The third kappa shape index (κ3) is 6.20. The molecule has 0 heterocycles. The number of carbonyl (C=O) groups excluding carboxylic acids is 1. The molecule has 1 amide bonds. The molecule has 0 saturated heterocycles. The van der Waals surface area contributed by atoms with Crippen LogP contribution in [0.5, 0.6) is 0 Å². The summed E-state index contributed by atoms with van der Waals surface area (Å²) in [5.41, 5.74) is 0.471. The fourth-order valence-corrected chi connectivity index (χ4v) is 2.47. The number of aliphatic carboxylic acids is 1. The molecular formula is C18H26N2O4. The number of amides is 1. The number of nitrogens with one attached hydrogen (secondary N) is 1. The number of carbonyl (C=O) groups is 2. The Morgan fingerprint density at radius 1 is 1.29 bits per heavy atom. The van der Waals surface area contributed by atoms with Crippen molar-refractivity contribution in [2.45, 2.75) is 57.8 Å². The smallest absolute Gasteiger partial charge is 0.408 e. The van der Waals surface area contributed by atoms with Crippen molar-refractivity contribution in [2.24, 2.45) is 0 Å². The van der Waals surface area contributed by atoms with Gasteiger partial charge in [-0.05, 0) is 39.2 Å². The number of carboxylic acid groups (broad SMARTS) is 1. The van der Waals surface area contributed by atoms with Crippen LogP contribution in [0.25, 0.3) is 0 Å². The van der Waals surface area contributed by atoms with Crippen LogP contribution in [0.15, 0.2) is 30.3 Å². The lowest BCUT2D eigenvalue weighted by molar-refractivity contribution is -0.140. The lowest BCUT2D eigenvalue weighted by Gasteiger charge is -2.27. The summed E-state index contributed by atoms with van der Waals surface area (Å²) < 4.78 is 5.16. The van der Waals surface area contributed by atoms with Gasteiger partial charge in [-0.2, -0.15) is 0 Å². The van der Waals surface area contributed by atoms with Crippen molar-refractivity contribution in [3.05, 3.63) is 35.9 Å². The van der Waals surface area contributed by atoms with Crippen molar-refractivity contribution in [3.8, 4) is 0 Å². The van der Waals surface area contributed by atoms with Gasteiger partial charge in [0.15, 0.2) is 0 Å². The van der Waals surface area contributed by atoms with Gasteiger partial charge < -0.3 is 15.2 Å². The van der Waals surface area contributed by atoms with Gasteiger partial charge in [-0.1, -0.05) is 30.3 Å². The first kappa shape index (κ1) is 18.3. The third-order valence-electron chi connectivity index (χ3n) is 3.70. The molecule has 132 valence electrons. The van der Waals surface area contributed by atoms with Gasteiger partial charge in [0.05, 0.1) is 0 Å². The van der Waals surface area contributed by atoms with Crippen LogP contribution in [0, 0.1) is 0 Å². The van der Waals surface area contributed by atoms with Crippen molar-refractivity contribution >= 4 is 12.1 Å². The Labute approximate surface area is 142 Å². The largest absolute Gasteiger partial charge is 0.480 e. The molecule has 24 heavy (non-hydrogen) atoms. The summed E-state index contributed by atoms with van der Waals surface area (Å²) >= 11 is 0. The highest BCUT2D eigenvalue weighted by Crippen LogP contribution is 2.28. The molecule has 6 heteroatoms. The van der Waals surface area contributed by atoms with Crippen molar-refractivity contribution in [3.63, 3.8) is 0 Å². The average Bonchev–Trinajstić information content (AvgIpc) is 3.29. The molecular weight excluding hydrogens is 308 g/mol. The Hall–Kier alpha value is -2.08. The second-order valence-corrected chi connectivity index (χ2v) is 7.18. The summed E-state index contributed by atoms with van der Waals surface area (Å²) in [5, 5.41) is 11.9. The number of hydrogen-bond donors (Lipinski definition) is 2. The van der Waals surface area contributed by atoms with E-state index in [1.54, 1.807) is 20.8 Å². The van der Waals surface area contributed by atoms with E-state index in [1.165, 1.54) is 0 Å². The van der Waals surface area contributed by atoms with Gasteiger partial charge in [-0.25, -0.2) is 9.59 Å². The fraction of sp³-hybridized carbons (Fsp3) is 0.556. The maximum Gasteiger partial charge on any atom is 0.408 e. The van der Waals surface area contributed by atoms with E-state index in [2.05, 4.69) is 10.2 Å². The number of rotatable bonds is 7. The maximum absolute atomic E-state index is 11.9. The van der Waals surface area contributed by atoms with Crippen molar-refractivity contribution in [1.82, 2.24) is 10.2 Å². The normalized spacial score (nSPS) is 15.8. The number of benzene rings is 1. The molecule has 0 bridgehead atoms. The molecule has 2 N–H and O–H groups in total. The minimum absolute atomic E-state index is 0.258. The van der Waals surface area contributed by atoms with Crippen LogP contribution in [0.4, 0.5) is 4.79 Å². The average molecular weight is 334 g/mol. The molecule has 1 atom stereocenters. The van der Waals surface area contributed by atoms with E-state index in [0.29, 0.717) is 12.6 Å². The van der Waals surface area contributed by atoms with E-state index in [4.69, 9.17) is 4.74 Å². The van der Waals surface area contributed by atoms with Crippen LogP contribution < -0.4 is 5.32 Å². The summed E-state index contributed by atoms with van der Waals surface area (Å²) in [6, 6.07) is 9.31. The maximum atomic E-state index is 11.9. The van der Waals surface area contributed by atoms with Gasteiger partial charge in [-0.3, -0.25) is 4.90 Å². The van der Waals surface area contributed by atoms with Crippen molar-refractivity contribution < 1.29 is 19.4 Å². The van der Waals surface area contributed by atoms with Crippen LogP contribution in [0.1, 0.15) is 39.2 Å². The van der Waals surface area contributed by atoms with E-state index in [0.717, 1.165) is 18.4 Å². The highest BCUT2D eigenvalue weighted by molar-refractivity contribution is 5.80. The van der Waals surface area contributed by atoms with Gasteiger partial charge in [0.1, 0.15) is 11.6 Å². The van der Waals surface area contributed by atoms with Crippen LogP contribution in [0.2, 0.25) is 0 Å². The Balaban J connectivity index is 1.98. The molecule has 0 unspecified atom stereocenters. The highest BCUT2D eigenvalue weighted by Gasteiger charge is 2.33. The molecule has 0 aliphatic heterocycles. The summed E-state index contributed by atoms with van der Waals surface area (Å²) in [7, 11) is 0. The predicted octanol–water partition coefficient (Wildman–Crippen LogP) is 2.63. The monoisotopic (exact) mass is 334 g/mol. The summed E-state index contributed by atoms with van der Waals surface area (Å²) in [5.74, 6) is -1.06. The zero-order valence-corrected chi connectivity index (χ0v) is 14.5. The number of hydrogen-bond acceptors (Lipinski definition) is 4. The van der Waals surface area contributed by atoms with E-state index in [1.807, 2.05) is 30.3 Å². The summed E-state index contributed by atoms with van der Waals surface area (Å²) in [4.78, 5) is 25.5. The fourth-order valence-electron chi connectivity index (χ4n) is 2.47. The number of ether oxygens (including phenoxy) is 1. The Kier molecular flexibility index (Phi) is 5.83. The summed E-state index contributed by atoms with van der Waals surface area (Å²) in [6.07, 6.45) is 1.42. The topological polar surface area (TPSA) is 78.9 Å². The van der Waals surface area contributed by atoms with Crippen LogP contribution in [-0.4, -0.2) is 46.3 Å². The first-order valence-electron chi connectivity index (χ1n) is 8.25. The Bertz CT molecular complexity index is 564. The zero-order chi connectivity index (χ0) is 17.7. The predicted molar refractivity (Wildman–Crippen MR) is 90.7 cm³/mol. The first-order valence-corrected chi connectivity index (χ1v) is 8.25. The second-order valence-electron chi connectivity index (χ2n) is 7.18. The van der Waals surface area contributed by atoms with Gasteiger partial charge in [0.25, 0.3) is 0 Å². The second kappa shape index (κ2) is 7.66. The molecule has 6 nitrogen and oxygen atoms in total. The lowest BCUT2D eigenvalue weighted by atomic mass is 10.2. The molecule has 1 aromatic rings. The van der Waals surface area contributed by atoms with E-state index < -0.39 is 23.7 Å². The Morgan fingerprint density at radius 3 is 2.42 bits per heavy atom. The highest BCUT2D eigenvalue weighted by atomic mass is 16.6. The molecule has 0 aromatic heterocycles. The van der Waals surface area contributed by atoms with Crippen LogP contribution >= 0.6 is 0 Å². The molecule has 1 aliphatic carbocycles. The molecule has 1 fully saturated rings. The molecule has 1 aliphatic rings. The van der Waals surface area contributed by atoms with Gasteiger partial charge >= 0.3 is 12.1 Å². The molecule has 0 radical (unpaired) electrons. The number of alkyl carbamates (subject to hydrolysis) is 1. The Morgan fingerprint density at radius 2 is 1.92 bits per heavy atom. The third-order valence-corrected chi connectivity index (χ3v) is 3.70. The van der Waals surface area contributed by atoms with Crippen molar-refractivity contribution in [1.29, 1.82) is 0 Å². The number of nitrogens with zero attached hydrogens (tertiary/aromatic N) is 1. The van der Waals surface area contributed by atoms with E-state index in [9.17, 15) is 14.7 Å². The minimum atomic E-state index is -1.06. The molecule has 0 spiro atoms. The molecule has 2 rings (SSSR count). The minimum Gasteiger partial charge on any atom is -0.480 e. The van der Waals surface area contributed by atoms with Gasteiger partial charge in [0.2, 0.25) is 0 Å². The van der Waals surface area contributed by atoms with Gasteiger partial charge in [0, 0.05) is 19.1 Å². The zero-order valence-electron chi connectivity index (χ0n) is 14.5. The SMILES string of the molecule is CC(C)(C)OC(=O)N[C@@H](CN(Cc1ccccc1)C1CC1)C(=O)O. The summed E-state index contributed by atoms with van der Waals surface area (Å²) in [6.45, 7) is 6.16. The van der Waals surface area contributed by atoms with E-state index in [-0.39, 0.29) is 6.54 Å². The molecule has 1 aromatic carbocycles. The first-order chi connectivity index (χ1) is 11.2.